The Morgan fingerprint density at radius 3 is 2.65 bits per heavy atom. The highest BCUT2D eigenvalue weighted by molar-refractivity contribution is 7.19. The number of hydrogen-bond acceptors (Lipinski definition) is 4. The number of nitro groups is 1. The van der Waals surface area contributed by atoms with Crippen molar-refractivity contribution in [2.24, 2.45) is 0 Å². The molecule has 3 aromatic rings. The summed E-state index contributed by atoms with van der Waals surface area (Å²) in [7, 11) is 0. The van der Waals surface area contributed by atoms with E-state index in [4.69, 9.17) is 11.6 Å². The van der Waals surface area contributed by atoms with E-state index in [1.54, 1.807) is 23.5 Å². The van der Waals surface area contributed by atoms with Crippen LogP contribution in [0.1, 0.15) is 21.7 Å². The fourth-order valence-corrected chi connectivity index (χ4v) is 3.35. The van der Waals surface area contributed by atoms with Crippen molar-refractivity contribution in [1.29, 1.82) is 0 Å². The monoisotopic (exact) mass is 344 g/mol. The topological polar surface area (TPSA) is 56.0 Å². The Balaban J connectivity index is 1.94. The van der Waals surface area contributed by atoms with Gasteiger partial charge < -0.3 is 0 Å². The molecule has 116 valence electrons. The Hall–Kier alpha value is -2.24. The molecule has 0 amide bonds. The maximum atomic E-state index is 10.9. The van der Waals surface area contributed by atoms with E-state index in [9.17, 15) is 10.1 Å². The van der Waals surface area contributed by atoms with E-state index in [0.717, 1.165) is 15.2 Å². The predicted octanol–water partition coefficient (Wildman–Crippen LogP) is 5.65. The molecule has 1 heterocycles. The molecule has 0 fully saturated rings. The van der Waals surface area contributed by atoms with Crippen molar-refractivity contribution in [2.75, 3.05) is 0 Å². The van der Waals surface area contributed by atoms with Crippen LogP contribution < -0.4 is 0 Å². The van der Waals surface area contributed by atoms with E-state index in [1.807, 2.05) is 6.08 Å². The summed E-state index contributed by atoms with van der Waals surface area (Å²) in [6.45, 7) is 4.15. The van der Waals surface area contributed by atoms with Crippen molar-refractivity contribution in [2.45, 2.75) is 13.8 Å². The maximum Gasteiger partial charge on any atom is 0.288 e. The molecule has 4 nitrogen and oxygen atoms in total. The first kappa shape index (κ1) is 15.6. The van der Waals surface area contributed by atoms with Crippen LogP contribution in [0, 0.1) is 24.0 Å². The molecule has 0 radical (unpaired) electrons. The Labute approximate surface area is 142 Å². The molecule has 0 aliphatic rings. The Morgan fingerprint density at radius 2 is 1.91 bits per heavy atom. The van der Waals surface area contributed by atoms with Crippen LogP contribution in [0.15, 0.2) is 30.3 Å². The molecular formula is C17H13ClN2O2S. The zero-order valence-corrected chi connectivity index (χ0v) is 14.1. The van der Waals surface area contributed by atoms with Crippen molar-refractivity contribution < 1.29 is 4.92 Å². The van der Waals surface area contributed by atoms with E-state index >= 15 is 0 Å². The first-order chi connectivity index (χ1) is 10.9. The number of aryl methyl sites for hydroxylation is 2. The molecule has 0 aliphatic heterocycles. The van der Waals surface area contributed by atoms with Crippen molar-refractivity contribution in [3.8, 4) is 0 Å². The summed E-state index contributed by atoms with van der Waals surface area (Å²) in [5, 5.41) is 11.9. The van der Waals surface area contributed by atoms with Gasteiger partial charge in [0.2, 0.25) is 0 Å². The van der Waals surface area contributed by atoms with Crippen LogP contribution >= 0.6 is 22.9 Å². The number of thiazole rings is 1. The second-order valence-electron chi connectivity index (χ2n) is 5.26. The fraction of sp³-hybridized carbons (Fsp3) is 0.118. The molecule has 0 spiro atoms. The molecule has 0 bridgehead atoms. The molecule has 0 saturated heterocycles. The van der Waals surface area contributed by atoms with Crippen molar-refractivity contribution in [1.82, 2.24) is 4.98 Å². The van der Waals surface area contributed by atoms with Crippen LogP contribution in [0.4, 0.5) is 5.69 Å². The van der Waals surface area contributed by atoms with Crippen molar-refractivity contribution >= 4 is 51.0 Å². The molecule has 6 heteroatoms. The smallest absolute Gasteiger partial charge is 0.258 e. The number of nitro benzene ring substituents is 1. The largest absolute Gasteiger partial charge is 0.288 e. The van der Waals surface area contributed by atoms with Gasteiger partial charge in [0, 0.05) is 6.07 Å². The standard InChI is InChI=1S/C17H13ClN2O2S/c1-10-7-14-16(8-11(10)2)23-17(19-14)6-4-12-3-5-13(18)15(9-12)20(21)22/h3-9H,1-2H3. The van der Waals surface area contributed by atoms with Gasteiger partial charge in [0.25, 0.3) is 5.69 Å². The number of rotatable bonds is 3. The molecule has 2 aromatic carbocycles. The van der Waals surface area contributed by atoms with E-state index in [-0.39, 0.29) is 10.7 Å². The minimum atomic E-state index is -0.483. The van der Waals surface area contributed by atoms with Gasteiger partial charge >= 0.3 is 0 Å². The highest BCUT2D eigenvalue weighted by Crippen LogP contribution is 2.28. The number of aromatic nitrogens is 1. The van der Waals surface area contributed by atoms with E-state index in [0.29, 0.717) is 5.56 Å². The molecule has 3 rings (SSSR count). The SMILES string of the molecule is Cc1cc2nc(C=Cc3ccc(Cl)c([N+](=O)[O-])c3)sc2cc1C. The van der Waals surface area contributed by atoms with E-state index < -0.39 is 4.92 Å². The highest BCUT2D eigenvalue weighted by Gasteiger charge is 2.11. The molecule has 0 atom stereocenters. The summed E-state index contributed by atoms with van der Waals surface area (Å²) in [4.78, 5) is 15.0. The Bertz CT molecular complexity index is 908. The molecule has 1 aromatic heterocycles. The van der Waals surface area contributed by atoms with E-state index in [1.165, 1.54) is 23.3 Å². The first-order valence-corrected chi connectivity index (χ1v) is 8.13. The van der Waals surface area contributed by atoms with Gasteiger partial charge in [-0.1, -0.05) is 23.7 Å². The van der Waals surface area contributed by atoms with Gasteiger partial charge in [-0.2, -0.15) is 0 Å². The van der Waals surface area contributed by atoms with Gasteiger partial charge in [0.1, 0.15) is 10.0 Å². The third kappa shape index (κ3) is 3.25. The summed E-state index contributed by atoms with van der Waals surface area (Å²) >= 11 is 7.41. The van der Waals surface area contributed by atoms with Crippen molar-refractivity contribution in [3.05, 3.63) is 67.2 Å². The first-order valence-electron chi connectivity index (χ1n) is 6.94. The minimum Gasteiger partial charge on any atom is -0.258 e. The fourth-order valence-electron chi connectivity index (χ4n) is 2.21. The van der Waals surface area contributed by atoms with Crippen LogP contribution in [-0.2, 0) is 0 Å². The zero-order chi connectivity index (χ0) is 16.6. The lowest BCUT2D eigenvalue weighted by Gasteiger charge is -1.97. The lowest BCUT2D eigenvalue weighted by molar-refractivity contribution is -0.384. The third-order valence-electron chi connectivity index (χ3n) is 3.61. The molecule has 0 unspecified atom stereocenters. The average molecular weight is 345 g/mol. The van der Waals surface area contributed by atoms with Crippen LogP contribution in [0.25, 0.3) is 22.4 Å². The number of benzene rings is 2. The molecule has 0 N–H and O–H groups in total. The van der Waals surface area contributed by atoms with Crippen LogP contribution in [0.2, 0.25) is 5.02 Å². The molecule has 23 heavy (non-hydrogen) atoms. The summed E-state index contributed by atoms with van der Waals surface area (Å²) in [6.07, 6.45) is 3.67. The average Bonchev–Trinajstić information content (AvgIpc) is 2.88. The normalized spacial score (nSPS) is 11.4. The van der Waals surface area contributed by atoms with Gasteiger partial charge in [-0.15, -0.1) is 11.3 Å². The van der Waals surface area contributed by atoms with Gasteiger partial charge in [0.05, 0.1) is 15.1 Å². The van der Waals surface area contributed by atoms with E-state index in [2.05, 4.69) is 31.0 Å². The molecular weight excluding hydrogens is 332 g/mol. The predicted molar refractivity (Wildman–Crippen MR) is 96.1 cm³/mol. The Kier molecular flexibility index (Phi) is 4.15. The third-order valence-corrected chi connectivity index (χ3v) is 4.91. The van der Waals surface area contributed by atoms with Crippen LogP contribution in [0.5, 0.6) is 0 Å². The summed E-state index contributed by atoms with van der Waals surface area (Å²) in [5.74, 6) is 0. The quantitative estimate of drug-likeness (QED) is 0.456. The van der Waals surface area contributed by atoms with Gasteiger partial charge in [-0.25, -0.2) is 4.98 Å². The second-order valence-corrected chi connectivity index (χ2v) is 6.73. The molecule has 0 saturated carbocycles. The second kappa shape index (κ2) is 6.10. The summed E-state index contributed by atoms with van der Waals surface area (Å²) in [5.41, 5.74) is 4.05. The maximum absolute atomic E-state index is 10.9. The summed E-state index contributed by atoms with van der Waals surface area (Å²) in [6, 6.07) is 8.94. The van der Waals surface area contributed by atoms with Gasteiger partial charge in [-0.3, -0.25) is 10.1 Å². The zero-order valence-electron chi connectivity index (χ0n) is 12.5. The van der Waals surface area contributed by atoms with Gasteiger partial charge in [-0.05, 0) is 54.8 Å². The van der Waals surface area contributed by atoms with Crippen molar-refractivity contribution in [3.63, 3.8) is 0 Å². The number of halogens is 1. The van der Waals surface area contributed by atoms with Crippen LogP contribution in [-0.4, -0.2) is 9.91 Å². The Morgan fingerprint density at radius 1 is 1.17 bits per heavy atom. The van der Waals surface area contributed by atoms with Gasteiger partial charge in [0.15, 0.2) is 0 Å². The van der Waals surface area contributed by atoms with Crippen LogP contribution in [0.3, 0.4) is 0 Å². The lowest BCUT2D eigenvalue weighted by Crippen LogP contribution is -1.89. The highest BCUT2D eigenvalue weighted by atomic mass is 35.5. The number of fused-ring (bicyclic) bond motifs is 1. The minimum absolute atomic E-state index is 0.0932. The number of hydrogen-bond donors (Lipinski definition) is 0. The molecule has 0 aliphatic carbocycles. The summed E-state index contributed by atoms with van der Waals surface area (Å²) < 4.78 is 1.13. The lowest BCUT2D eigenvalue weighted by atomic mass is 10.1. The number of nitrogens with zero attached hydrogens (tertiary/aromatic N) is 2.